The smallest absolute Gasteiger partial charge is 0.194 e. The van der Waals surface area contributed by atoms with Gasteiger partial charge in [-0.25, -0.2) is 0 Å². The van der Waals surface area contributed by atoms with Gasteiger partial charge in [-0.1, -0.05) is 12.1 Å². The number of benzene rings is 1. The van der Waals surface area contributed by atoms with E-state index in [1.165, 1.54) is 6.92 Å². The second kappa shape index (κ2) is 5.20. The lowest BCUT2D eigenvalue weighted by atomic mass is 10.2. The number of carbonyl (C=O) groups is 1. The summed E-state index contributed by atoms with van der Waals surface area (Å²) in [5.41, 5.74) is 0.466. The molecule has 0 bridgehead atoms. The van der Waals surface area contributed by atoms with Crippen molar-refractivity contribution < 1.29 is 24.2 Å². The summed E-state index contributed by atoms with van der Waals surface area (Å²) in [5.74, 6) is 0.545. The van der Waals surface area contributed by atoms with Crippen LogP contribution >= 0.6 is 0 Å². The molecular weight excluding hydrogens is 236 g/mol. The molecule has 0 saturated carbocycles. The summed E-state index contributed by atoms with van der Waals surface area (Å²) >= 11 is 0. The maximum atomic E-state index is 11.2. The summed E-state index contributed by atoms with van der Waals surface area (Å²) in [6.45, 7) is 1.02. The Morgan fingerprint density at radius 2 is 2.28 bits per heavy atom. The maximum absolute atomic E-state index is 11.2. The number of hydrogen-bond donors (Lipinski definition) is 2. The molecule has 0 aliphatic heterocycles. The van der Waals surface area contributed by atoms with E-state index in [-0.39, 0.29) is 24.8 Å². The molecule has 0 spiro atoms. The zero-order valence-corrected chi connectivity index (χ0v) is 9.92. The number of ketones is 1. The quantitative estimate of drug-likeness (QED) is 0.783. The Labute approximate surface area is 104 Å². The molecule has 96 valence electrons. The highest BCUT2D eigenvalue weighted by Gasteiger charge is 2.12. The van der Waals surface area contributed by atoms with Crippen LogP contribution in [0.5, 0.6) is 5.75 Å². The van der Waals surface area contributed by atoms with E-state index < -0.39 is 6.10 Å². The van der Waals surface area contributed by atoms with E-state index >= 15 is 0 Å². The first-order valence-corrected chi connectivity index (χ1v) is 5.57. The molecule has 0 aliphatic carbocycles. The number of aliphatic hydroxyl groups excluding tert-OH is 2. The number of ether oxygens (including phenoxy) is 1. The van der Waals surface area contributed by atoms with E-state index in [4.69, 9.17) is 14.3 Å². The summed E-state index contributed by atoms with van der Waals surface area (Å²) in [6.07, 6.45) is -0.942. The molecule has 18 heavy (non-hydrogen) atoms. The van der Waals surface area contributed by atoms with E-state index in [1.807, 2.05) is 0 Å². The number of rotatable bonds is 5. The standard InChI is InChI=1S/C13H14O5/c1-8(15)12-5-9-3-2-4-11(13(9)18-12)17-7-10(16)6-14/h2-5,10,14,16H,6-7H2,1H3. The van der Waals surface area contributed by atoms with Crippen LogP contribution in [0.15, 0.2) is 28.7 Å². The van der Waals surface area contributed by atoms with E-state index in [9.17, 15) is 9.90 Å². The van der Waals surface area contributed by atoms with Crippen molar-refractivity contribution in [3.8, 4) is 5.75 Å². The lowest BCUT2D eigenvalue weighted by Gasteiger charge is -2.09. The molecule has 2 aromatic rings. The van der Waals surface area contributed by atoms with Gasteiger partial charge in [-0.2, -0.15) is 0 Å². The molecule has 0 radical (unpaired) electrons. The second-order valence-electron chi connectivity index (χ2n) is 3.99. The molecule has 1 aromatic heterocycles. The highest BCUT2D eigenvalue weighted by atomic mass is 16.5. The Morgan fingerprint density at radius 3 is 2.94 bits per heavy atom. The van der Waals surface area contributed by atoms with E-state index in [0.29, 0.717) is 11.3 Å². The number of hydrogen-bond acceptors (Lipinski definition) is 5. The molecular formula is C13H14O5. The van der Waals surface area contributed by atoms with Crippen molar-refractivity contribution in [2.45, 2.75) is 13.0 Å². The van der Waals surface area contributed by atoms with Crippen molar-refractivity contribution in [3.05, 3.63) is 30.0 Å². The van der Waals surface area contributed by atoms with Crippen molar-refractivity contribution >= 4 is 16.8 Å². The minimum atomic E-state index is -0.942. The predicted octanol–water partition coefficient (Wildman–Crippen LogP) is 1.37. The molecule has 5 heteroatoms. The lowest BCUT2D eigenvalue weighted by molar-refractivity contribution is 0.0537. The molecule has 0 saturated heterocycles. The zero-order chi connectivity index (χ0) is 13.1. The predicted molar refractivity (Wildman–Crippen MR) is 64.8 cm³/mol. The molecule has 1 unspecified atom stereocenters. The molecule has 2 rings (SSSR count). The molecule has 1 heterocycles. The molecule has 0 amide bonds. The topological polar surface area (TPSA) is 79.9 Å². The van der Waals surface area contributed by atoms with E-state index in [1.54, 1.807) is 24.3 Å². The van der Waals surface area contributed by atoms with Gasteiger partial charge in [0.15, 0.2) is 22.9 Å². The first kappa shape index (κ1) is 12.6. The number of para-hydroxylation sites is 1. The van der Waals surface area contributed by atoms with E-state index in [2.05, 4.69) is 0 Å². The van der Waals surface area contributed by atoms with E-state index in [0.717, 1.165) is 5.39 Å². The number of aliphatic hydroxyl groups is 2. The number of carbonyl (C=O) groups excluding carboxylic acids is 1. The monoisotopic (exact) mass is 250 g/mol. The van der Waals surface area contributed by atoms with Gasteiger partial charge in [-0.15, -0.1) is 0 Å². The largest absolute Gasteiger partial charge is 0.487 e. The van der Waals surface area contributed by atoms with Gasteiger partial charge in [0, 0.05) is 12.3 Å². The van der Waals surface area contributed by atoms with Crippen molar-refractivity contribution in [1.29, 1.82) is 0 Å². The Morgan fingerprint density at radius 1 is 1.50 bits per heavy atom. The molecule has 5 nitrogen and oxygen atoms in total. The third-order valence-electron chi connectivity index (χ3n) is 2.50. The molecule has 2 N–H and O–H groups in total. The fourth-order valence-electron chi connectivity index (χ4n) is 1.56. The van der Waals surface area contributed by atoms with Crippen molar-refractivity contribution in [3.63, 3.8) is 0 Å². The average Bonchev–Trinajstić information content (AvgIpc) is 2.80. The van der Waals surface area contributed by atoms with Gasteiger partial charge in [0.2, 0.25) is 0 Å². The fraction of sp³-hybridized carbons (Fsp3) is 0.308. The first-order chi connectivity index (χ1) is 8.61. The Kier molecular flexibility index (Phi) is 3.64. The SMILES string of the molecule is CC(=O)c1cc2cccc(OCC(O)CO)c2o1. The first-order valence-electron chi connectivity index (χ1n) is 5.57. The Bertz CT molecular complexity index is 558. The van der Waals surface area contributed by atoms with Crippen LogP contribution in [-0.2, 0) is 0 Å². The lowest BCUT2D eigenvalue weighted by Crippen LogP contribution is -2.21. The highest BCUT2D eigenvalue weighted by molar-refractivity contribution is 5.97. The van der Waals surface area contributed by atoms with Crippen LogP contribution in [0.3, 0.4) is 0 Å². The maximum Gasteiger partial charge on any atom is 0.194 e. The van der Waals surface area contributed by atoms with Crippen LogP contribution in [0.1, 0.15) is 17.5 Å². The molecule has 1 aromatic carbocycles. The average molecular weight is 250 g/mol. The van der Waals surface area contributed by atoms with Crippen molar-refractivity contribution in [1.82, 2.24) is 0 Å². The van der Waals surface area contributed by atoms with Gasteiger partial charge >= 0.3 is 0 Å². The van der Waals surface area contributed by atoms with Gasteiger partial charge in [0.25, 0.3) is 0 Å². The second-order valence-corrected chi connectivity index (χ2v) is 3.99. The minimum Gasteiger partial charge on any atom is -0.487 e. The fourth-order valence-corrected chi connectivity index (χ4v) is 1.56. The van der Waals surface area contributed by atoms with Crippen LogP contribution in [0.4, 0.5) is 0 Å². The Hall–Kier alpha value is -1.85. The third-order valence-corrected chi connectivity index (χ3v) is 2.50. The summed E-state index contributed by atoms with van der Waals surface area (Å²) in [5, 5.41) is 18.7. The number of fused-ring (bicyclic) bond motifs is 1. The van der Waals surface area contributed by atoms with Crippen LogP contribution in [0.25, 0.3) is 11.0 Å². The summed E-state index contributed by atoms with van der Waals surface area (Å²) in [6, 6.07) is 6.90. The highest BCUT2D eigenvalue weighted by Crippen LogP contribution is 2.28. The van der Waals surface area contributed by atoms with Gasteiger partial charge < -0.3 is 19.4 Å². The molecule has 0 aliphatic rings. The van der Waals surface area contributed by atoms with Crippen LogP contribution in [-0.4, -0.2) is 35.3 Å². The van der Waals surface area contributed by atoms with Gasteiger partial charge in [-0.3, -0.25) is 4.79 Å². The number of Topliss-reactive ketones (excluding diaryl/α,β-unsaturated/α-hetero) is 1. The zero-order valence-electron chi connectivity index (χ0n) is 9.92. The third kappa shape index (κ3) is 2.52. The van der Waals surface area contributed by atoms with Gasteiger partial charge in [-0.05, 0) is 12.1 Å². The van der Waals surface area contributed by atoms with Gasteiger partial charge in [0.05, 0.1) is 6.61 Å². The summed E-state index contributed by atoms with van der Waals surface area (Å²) < 4.78 is 10.8. The minimum absolute atomic E-state index is 0.0360. The Balaban J connectivity index is 2.30. The van der Waals surface area contributed by atoms with Crippen LogP contribution in [0.2, 0.25) is 0 Å². The van der Waals surface area contributed by atoms with Gasteiger partial charge in [0.1, 0.15) is 12.7 Å². The summed E-state index contributed by atoms with van der Waals surface area (Å²) in [7, 11) is 0. The molecule has 0 fully saturated rings. The van der Waals surface area contributed by atoms with Crippen molar-refractivity contribution in [2.75, 3.05) is 13.2 Å². The van der Waals surface area contributed by atoms with Crippen LogP contribution < -0.4 is 4.74 Å². The summed E-state index contributed by atoms with van der Waals surface area (Å²) in [4.78, 5) is 11.2. The normalized spacial score (nSPS) is 12.6. The number of furan rings is 1. The van der Waals surface area contributed by atoms with Crippen molar-refractivity contribution in [2.24, 2.45) is 0 Å². The molecule has 1 atom stereocenters. The van der Waals surface area contributed by atoms with Crippen LogP contribution in [0, 0.1) is 0 Å².